The van der Waals surface area contributed by atoms with Crippen LogP contribution in [-0.4, -0.2) is 38.6 Å². The van der Waals surface area contributed by atoms with Gasteiger partial charge >= 0.3 is 0 Å². The minimum atomic E-state index is -0.151. The molecule has 0 aliphatic carbocycles. The van der Waals surface area contributed by atoms with Gasteiger partial charge in [-0.15, -0.1) is 0 Å². The van der Waals surface area contributed by atoms with Crippen molar-refractivity contribution in [3.63, 3.8) is 0 Å². The summed E-state index contributed by atoms with van der Waals surface area (Å²) in [6, 6.07) is 22.9. The van der Waals surface area contributed by atoms with Crippen molar-refractivity contribution in [2.75, 3.05) is 31.7 Å². The Morgan fingerprint density at radius 3 is 2.46 bits per heavy atom. The first-order valence-corrected chi connectivity index (χ1v) is 13.8. The molecule has 0 unspecified atom stereocenters. The van der Waals surface area contributed by atoms with E-state index < -0.39 is 0 Å². The normalized spacial score (nSPS) is 14.4. The molecule has 0 bridgehead atoms. The number of benzene rings is 3. The lowest BCUT2D eigenvalue weighted by molar-refractivity contribution is -0.120. The monoisotopic (exact) mass is 529 g/mol. The maximum Gasteiger partial charge on any atom is 0.264 e. The van der Waals surface area contributed by atoms with Crippen molar-refractivity contribution in [1.29, 1.82) is 0 Å². The third-order valence-corrected chi connectivity index (χ3v) is 6.95. The zero-order valence-corrected chi connectivity index (χ0v) is 22.8. The number of anilines is 1. The van der Waals surface area contributed by atoms with Gasteiger partial charge in [0, 0.05) is 38.0 Å². The summed E-state index contributed by atoms with van der Waals surface area (Å²) in [5.74, 6) is 0.423. The molecule has 3 aromatic rings. The summed E-state index contributed by atoms with van der Waals surface area (Å²) in [4.78, 5) is 28.4. The summed E-state index contributed by atoms with van der Waals surface area (Å²) in [7, 11) is 1.66. The molecule has 2 N–H and O–H groups in total. The van der Waals surface area contributed by atoms with Crippen LogP contribution in [-0.2, 0) is 29.2 Å². The summed E-state index contributed by atoms with van der Waals surface area (Å²) in [6.07, 6.45) is 5.43. The molecule has 0 atom stereocenters. The number of carbonyl (C=O) groups excluding carboxylic acids is 2. The van der Waals surface area contributed by atoms with Crippen molar-refractivity contribution in [3.8, 4) is 5.75 Å². The molecular weight excluding hydrogens is 490 g/mol. The van der Waals surface area contributed by atoms with Gasteiger partial charge in [0.15, 0.2) is 6.61 Å². The minimum absolute atomic E-state index is 0.0417. The predicted molar refractivity (Wildman–Crippen MR) is 154 cm³/mol. The number of para-hydroxylation sites is 1. The molecule has 0 saturated carbocycles. The number of hydrogen-bond donors (Lipinski definition) is 2. The van der Waals surface area contributed by atoms with Gasteiger partial charge in [0.05, 0.1) is 6.61 Å². The van der Waals surface area contributed by atoms with Crippen molar-refractivity contribution in [1.82, 2.24) is 10.6 Å². The maximum absolute atomic E-state index is 13.4. The van der Waals surface area contributed by atoms with E-state index in [9.17, 15) is 9.59 Å². The van der Waals surface area contributed by atoms with Crippen LogP contribution in [0.25, 0.3) is 0 Å². The zero-order chi connectivity index (χ0) is 27.3. The molecule has 1 heterocycles. The fourth-order valence-electron chi connectivity index (χ4n) is 4.83. The average molecular weight is 530 g/mol. The largest absolute Gasteiger partial charge is 0.484 e. The Hall–Kier alpha value is -3.68. The third-order valence-electron chi connectivity index (χ3n) is 6.95. The molecule has 1 aliphatic rings. The molecular formula is C32H39N3O4. The van der Waals surface area contributed by atoms with E-state index in [0.717, 1.165) is 61.0 Å². The van der Waals surface area contributed by atoms with Crippen LogP contribution >= 0.6 is 0 Å². The van der Waals surface area contributed by atoms with E-state index in [2.05, 4.69) is 10.6 Å². The number of methoxy groups -OCH3 is 1. The van der Waals surface area contributed by atoms with E-state index in [4.69, 9.17) is 9.47 Å². The highest BCUT2D eigenvalue weighted by Gasteiger charge is 2.21. The number of nitrogens with one attached hydrogen (secondary N) is 2. The summed E-state index contributed by atoms with van der Waals surface area (Å²) in [5, 5.41) is 6.55. The van der Waals surface area contributed by atoms with E-state index >= 15 is 0 Å². The highest BCUT2D eigenvalue weighted by molar-refractivity contribution is 5.98. The molecule has 0 spiro atoms. The number of fused-ring (bicyclic) bond motifs is 1. The molecule has 2 amide bonds. The van der Waals surface area contributed by atoms with E-state index in [1.54, 1.807) is 13.2 Å². The molecule has 0 fully saturated rings. The van der Waals surface area contributed by atoms with Gasteiger partial charge in [0.25, 0.3) is 11.8 Å². The van der Waals surface area contributed by atoms with Crippen molar-refractivity contribution in [2.45, 2.75) is 51.8 Å². The number of amides is 2. The van der Waals surface area contributed by atoms with Crippen molar-refractivity contribution < 1.29 is 19.1 Å². The first-order valence-electron chi connectivity index (χ1n) is 13.8. The van der Waals surface area contributed by atoms with Crippen LogP contribution in [0, 0.1) is 0 Å². The molecule has 0 radical (unpaired) electrons. The summed E-state index contributed by atoms with van der Waals surface area (Å²) in [5.41, 5.74) is 4.40. The first-order chi connectivity index (χ1) is 19.2. The number of nitrogens with zero attached hydrogens (tertiary/aromatic N) is 1. The van der Waals surface area contributed by atoms with E-state index in [1.165, 1.54) is 0 Å². The van der Waals surface area contributed by atoms with Gasteiger partial charge in [-0.2, -0.15) is 0 Å². The Morgan fingerprint density at radius 1 is 0.897 bits per heavy atom. The van der Waals surface area contributed by atoms with Gasteiger partial charge in [-0.1, -0.05) is 61.7 Å². The van der Waals surface area contributed by atoms with Crippen LogP contribution in [0.3, 0.4) is 0 Å². The lowest BCUT2D eigenvalue weighted by Gasteiger charge is -2.26. The second-order valence-corrected chi connectivity index (χ2v) is 9.82. The zero-order valence-electron chi connectivity index (χ0n) is 22.8. The van der Waals surface area contributed by atoms with Gasteiger partial charge in [-0.05, 0) is 66.4 Å². The Bertz CT molecular complexity index is 1220. The SMILES string of the molecule is COCc1ccccc1CNC(=O)c1ccc2c(c1)CNCCCCCCCN2C(=O)COc1ccccc1. The van der Waals surface area contributed by atoms with Gasteiger partial charge in [-0.25, -0.2) is 0 Å². The number of ether oxygens (including phenoxy) is 2. The third kappa shape index (κ3) is 8.40. The molecule has 206 valence electrons. The maximum atomic E-state index is 13.4. The highest BCUT2D eigenvalue weighted by Crippen LogP contribution is 2.25. The Balaban J connectivity index is 1.53. The number of hydrogen-bond acceptors (Lipinski definition) is 5. The molecule has 0 aromatic heterocycles. The molecule has 3 aromatic carbocycles. The molecule has 7 nitrogen and oxygen atoms in total. The fourth-order valence-corrected chi connectivity index (χ4v) is 4.83. The van der Waals surface area contributed by atoms with Crippen LogP contribution in [0.2, 0.25) is 0 Å². The topological polar surface area (TPSA) is 79.9 Å². The van der Waals surface area contributed by atoms with E-state index in [-0.39, 0.29) is 18.4 Å². The van der Waals surface area contributed by atoms with Crippen LogP contribution in [0.4, 0.5) is 5.69 Å². The summed E-state index contributed by atoms with van der Waals surface area (Å²) >= 11 is 0. The van der Waals surface area contributed by atoms with Gasteiger partial charge < -0.3 is 25.0 Å². The van der Waals surface area contributed by atoms with Gasteiger partial charge in [-0.3, -0.25) is 9.59 Å². The first kappa shape index (κ1) is 28.3. The van der Waals surface area contributed by atoms with Crippen LogP contribution in [0.15, 0.2) is 72.8 Å². The average Bonchev–Trinajstić information content (AvgIpc) is 2.96. The van der Waals surface area contributed by atoms with Crippen molar-refractivity contribution in [3.05, 3.63) is 95.1 Å². The molecule has 0 saturated heterocycles. The second kappa shape index (κ2) is 15.0. The lowest BCUT2D eigenvalue weighted by atomic mass is 10.0. The summed E-state index contributed by atoms with van der Waals surface area (Å²) < 4.78 is 11.1. The van der Waals surface area contributed by atoms with Crippen molar-refractivity contribution >= 4 is 17.5 Å². The smallest absolute Gasteiger partial charge is 0.264 e. The van der Waals surface area contributed by atoms with Crippen LogP contribution in [0.1, 0.15) is 59.2 Å². The Morgan fingerprint density at radius 2 is 1.64 bits per heavy atom. The van der Waals surface area contributed by atoms with E-state index in [0.29, 0.717) is 37.6 Å². The standard InChI is InChI=1S/C32H39N3O4/c1-38-23-27-13-9-8-12-26(27)22-34-32(37)25-16-17-30-28(20-25)21-33-18-10-3-2-4-11-19-35(30)31(36)24-39-29-14-6-5-7-15-29/h5-9,12-17,20,33H,2-4,10-11,18-19,21-24H2,1H3,(H,34,37). The lowest BCUT2D eigenvalue weighted by Crippen LogP contribution is -2.37. The van der Waals surface area contributed by atoms with Gasteiger partial charge in [0.2, 0.25) is 0 Å². The highest BCUT2D eigenvalue weighted by atomic mass is 16.5. The summed E-state index contributed by atoms with van der Waals surface area (Å²) in [6.45, 7) is 2.96. The molecule has 39 heavy (non-hydrogen) atoms. The fraction of sp³-hybridized carbons (Fsp3) is 0.375. The number of carbonyl (C=O) groups is 2. The van der Waals surface area contributed by atoms with Gasteiger partial charge in [0.1, 0.15) is 5.75 Å². The molecule has 1 aliphatic heterocycles. The number of rotatable bonds is 8. The Kier molecular flexibility index (Phi) is 10.9. The Labute approximate surface area is 231 Å². The van der Waals surface area contributed by atoms with Crippen molar-refractivity contribution in [2.24, 2.45) is 0 Å². The minimum Gasteiger partial charge on any atom is -0.484 e. The second-order valence-electron chi connectivity index (χ2n) is 9.82. The molecule has 4 rings (SSSR count). The van der Waals surface area contributed by atoms with Crippen LogP contribution < -0.4 is 20.3 Å². The van der Waals surface area contributed by atoms with Crippen LogP contribution in [0.5, 0.6) is 5.75 Å². The van der Waals surface area contributed by atoms with E-state index in [1.807, 2.05) is 71.6 Å². The quantitative estimate of drug-likeness (QED) is 0.418. The molecule has 7 heteroatoms. The predicted octanol–water partition coefficient (Wildman–Crippen LogP) is 5.23.